The highest BCUT2D eigenvalue weighted by molar-refractivity contribution is 7.99. The standard InChI is InChI=1S/C23H28Cl2N2O2S/c1-15(2)26-23(29)17(4)27(12-18-9-6-5-8-16(18)3)22(28)14-30-13-19-20(24)10-7-11-21(19)25/h5-11,15,17H,12-14H2,1-4H3,(H,26,29)/t17-/m0/s1. The zero-order valence-corrected chi connectivity index (χ0v) is 20.1. The lowest BCUT2D eigenvalue weighted by Crippen LogP contribution is -2.49. The minimum absolute atomic E-state index is 0.00658. The molecule has 1 atom stereocenters. The first-order valence-electron chi connectivity index (χ1n) is 9.85. The van der Waals surface area contributed by atoms with E-state index >= 15 is 0 Å². The Hall–Kier alpha value is -1.69. The highest BCUT2D eigenvalue weighted by Gasteiger charge is 2.26. The second-order valence-corrected chi connectivity index (χ2v) is 9.28. The van der Waals surface area contributed by atoms with Gasteiger partial charge >= 0.3 is 0 Å². The van der Waals surface area contributed by atoms with Crippen LogP contribution >= 0.6 is 35.0 Å². The van der Waals surface area contributed by atoms with E-state index in [2.05, 4.69) is 5.32 Å². The summed E-state index contributed by atoms with van der Waals surface area (Å²) in [7, 11) is 0. The van der Waals surface area contributed by atoms with Crippen LogP contribution in [0.5, 0.6) is 0 Å². The van der Waals surface area contributed by atoms with Crippen LogP contribution in [-0.2, 0) is 21.9 Å². The van der Waals surface area contributed by atoms with Crippen LogP contribution in [0, 0.1) is 6.92 Å². The van der Waals surface area contributed by atoms with E-state index in [0.717, 1.165) is 16.7 Å². The van der Waals surface area contributed by atoms with Gasteiger partial charge in [-0.3, -0.25) is 9.59 Å². The minimum Gasteiger partial charge on any atom is -0.352 e. The van der Waals surface area contributed by atoms with Crippen LogP contribution in [0.1, 0.15) is 37.5 Å². The third kappa shape index (κ3) is 6.93. The summed E-state index contributed by atoms with van der Waals surface area (Å²) in [6.07, 6.45) is 0. The first-order valence-corrected chi connectivity index (χ1v) is 11.8. The zero-order chi connectivity index (χ0) is 22.3. The summed E-state index contributed by atoms with van der Waals surface area (Å²) in [5, 5.41) is 4.07. The molecule has 0 radical (unpaired) electrons. The predicted octanol–water partition coefficient (Wildman–Crippen LogP) is 5.48. The number of carbonyl (C=O) groups is 2. The van der Waals surface area contributed by atoms with Crippen molar-refractivity contribution in [1.29, 1.82) is 0 Å². The number of carbonyl (C=O) groups excluding carboxylic acids is 2. The van der Waals surface area contributed by atoms with Crippen LogP contribution in [-0.4, -0.2) is 34.6 Å². The van der Waals surface area contributed by atoms with Crippen molar-refractivity contribution in [2.45, 2.75) is 52.1 Å². The van der Waals surface area contributed by atoms with Gasteiger partial charge < -0.3 is 10.2 Å². The maximum absolute atomic E-state index is 13.1. The molecule has 1 N–H and O–H groups in total. The molecule has 30 heavy (non-hydrogen) atoms. The minimum atomic E-state index is -0.580. The molecular formula is C23H28Cl2N2O2S. The monoisotopic (exact) mass is 466 g/mol. The fourth-order valence-electron chi connectivity index (χ4n) is 2.95. The lowest BCUT2D eigenvalue weighted by atomic mass is 10.1. The Morgan fingerprint density at radius 3 is 2.27 bits per heavy atom. The molecule has 0 aliphatic rings. The van der Waals surface area contributed by atoms with Crippen LogP contribution in [0.3, 0.4) is 0 Å². The van der Waals surface area contributed by atoms with Crippen LogP contribution in [0.25, 0.3) is 0 Å². The third-order valence-corrected chi connectivity index (χ3v) is 6.39. The number of nitrogens with one attached hydrogen (secondary N) is 1. The number of amides is 2. The van der Waals surface area contributed by atoms with E-state index in [0.29, 0.717) is 22.3 Å². The highest BCUT2D eigenvalue weighted by Crippen LogP contribution is 2.28. The van der Waals surface area contributed by atoms with Gasteiger partial charge in [0.05, 0.1) is 5.75 Å². The first-order chi connectivity index (χ1) is 14.2. The van der Waals surface area contributed by atoms with Crippen molar-refractivity contribution in [2.24, 2.45) is 0 Å². The number of rotatable bonds is 9. The number of aryl methyl sites for hydroxylation is 1. The van der Waals surface area contributed by atoms with Gasteiger partial charge in [-0.25, -0.2) is 0 Å². The van der Waals surface area contributed by atoms with E-state index < -0.39 is 6.04 Å². The van der Waals surface area contributed by atoms with Gasteiger partial charge in [-0.1, -0.05) is 53.5 Å². The van der Waals surface area contributed by atoms with Gasteiger partial charge in [-0.2, -0.15) is 0 Å². The fraction of sp³-hybridized carbons (Fsp3) is 0.391. The maximum atomic E-state index is 13.1. The fourth-order valence-corrected chi connectivity index (χ4v) is 4.60. The summed E-state index contributed by atoms with van der Waals surface area (Å²) in [6, 6.07) is 12.7. The van der Waals surface area contributed by atoms with Crippen molar-refractivity contribution in [3.05, 3.63) is 69.2 Å². The van der Waals surface area contributed by atoms with E-state index in [9.17, 15) is 9.59 Å². The molecule has 0 saturated heterocycles. The van der Waals surface area contributed by atoms with Gasteiger partial charge in [0.2, 0.25) is 11.8 Å². The summed E-state index contributed by atoms with van der Waals surface area (Å²) < 4.78 is 0. The van der Waals surface area contributed by atoms with E-state index in [1.807, 2.05) is 45.0 Å². The molecule has 2 aromatic carbocycles. The molecule has 0 bridgehead atoms. The molecule has 0 fully saturated rings. The predicted molar refractivity (Wildman–Crippen MR) is 127 cm³/mol. The van der Waals surface area contributed by atoms with Crippen LogP contribution in [0.4, 0.5) is 0 Å². The lowest BCUT2D eigenvalue weighted by Gasteiger charge is -2.30. The molecule has 162 valence electrons. The first kappa shape index (κ1) is 24.6. The average Bonchev–Trinajstić information content (AvgIpc) is 2.68. The van der Waals surface area contributed by atoms with Crippen molar-refractivity contribution in [1.82, 2.24) is 10.2 Å². The second-order valence-electron chi connectivity index (χ2n) is 7.48. The quantitative estimate of drug-likeness (QED) is 0.532. The van der Waals surface area contributed by atoms with E-state index in [1.165, 1.54) is 11.8 Å². The van der Waals surface area contributed by atoms with Gasteiger partial charge in [-0.15, -0.1) is 11.8 Å². The second kappa shape index (κ2) is 11.6. The Morgan fingerprint density at radius 2 is 1.67 bits per heavy atom. The van der Waals surface area contributed by atoms with Crippen LogP contribution in [0.15, 0.2) is 42.5 Å². The van der Waals surface area contributed by atoms with Crippen molar-refractivity contribution in [3.63, 3.8) is 0 Å². The number of nitrogens with zero attached hydrogens (tertiary/aromatic N) is 1. The molecule has 0 heterocycles. The summed E-state index contributed by atoms with van der Waals surface area (Å²) >= 11 is 13.9. The van der Waals surface area contributed by atoms with Gasteiger partial charge in [0.1, 0.15) is 6.04 Å². The molecule has 0 unspecified atom stereocenters. The molecule has 0 aromatic heterocycles. The Labute approximate surface area is 193 Å². The summed E-state index contributed by atoms with van der Waals surface area (Å²) in [5.74, 6) is 0.491. The van der Waals surface area contributed by atoms with Crippen LogP contribution < -0.4 is 5.32 Å². The molecule has 0 spiro atoms. The van der Waals surface area contributed by atoms with E-state index in [4.69, 9.17) is 23.2 Å². The van der Waals surface area contributed by atoms with Crippen molar-refractivity contribution in [2.75, 3.05) is 5.75 Å². The third-order valence-electron chi connectivity index (χ3n) is 4.73. The molecule has 2 aromatic rings. The molecule has 2 amide bonds. The van der Waals surface area contributed by atoms with Gasteiger partial charge in [0, 0.05) is 28.4 Å². The lowest BCUT2D eigenvalue weighted by molar-refractivity contribution is -0.138. The number of hydrogen-bond donors (Lipinski definition) is 1. The zero-order valence-electron chi connectivity index (χ0n) is 17.7. The Bertz CT molecular complexity index is 869. The number of thioether (sulfide) groups is 1. The molecule has 4 nitrogen and oxygen atoms in total. The van der Waals surface area contributed by atoms with Gasteiger partial charge in [0.15, 0.2) is 0 Å². The highest BCUT2D eigenvalue weighted by atomic mass is 35.5. The number of hydrogen-bond acceptors (Lipinski definition) is 3. The number of benzene rings is 2. The number of halogens is 2. The summed E-state index contributed by atoms with van der Waals surface area (Å²) in [5.41, 5.74) is 2.92. The van der Waals surface area contributed by atoms with E-state index in [1.54, 1.807) is 30.0 Å². The van der Waals surface area contributed by atoms with Crippen molar-refractivity contribution < 1.29 is 9.59 Å². The largest absolute Gasteiger partial charge is 0.352 e. The van der Waals surface area contributed by atoms with E-state index in [-0.39, 0.29) is 23.6 Å². The van der Waals surface area contributed by atoms with Gasteiger partial charge in [-0.05, 0) is 56.5 Å². The molecule has 0 aliphatic carbocycles. The molecule has 7 heteroatoms. The molecule has 0 saturated carbocycles. The van der Waals surface area contributed by atoms with Crippen molar-refractivity contribution in [3.8, 4) is 0 Å². The Kier molecular flexibility index (Phi) is 9.53. The molecular weight excluding hydrogens is 439 g/mol. The maximum Gasteiger partial charge on any atom is 0.242 e. The molecule has 0 aliphatic heterocycles. The Morgan fingerprint density at radius 1 is 1.03 bits per heavy atom. The van der Waals surface area contributed by atoms with Crippen LogP contribution in [0.2, 0.25) is 10.0 Å². The van der Waals surface area contributed by atoms with Crippen molar-refractivity contribution >= 4 is 46.8 Å². The smallest absolute Gasteiger partial charge is 0.242 e. The molecule has 2 rings (SSSR count). The summed E-state index contributed by atoms with van der Waals surface area (Å²) in [4.78, 5) is 27.4. The normalized spacial score (nSPS) is 12.0. The Balaban J connectivity index is 2.13. The average molecular weight is 467 g/mol. The van der Waals surface area contributed by atoms with Gasteiger partial charge in [0.25, 0.3) is 0 Å². The topological polar surface area (TPSA) is 49.4 Å². The summed E-state index contributed by atoms with van der Waals surface area (Å²) in [6.45, 7) is 7.96. The SMILES string of the molecule is Cc1ccccc1CN(C(=O)CSCc1c(Cl)cccc1Cl)[C@@H](C)C(=O)NC(C)C.